The highest BCUT2D eigenvalue weighted by atomic mass is 35.5. The van der Waals surface area contributed by atoms with Crippen LogP contribution >= 0.6 is 11.6 Å². The van der Waals surface area contributed by atoms with E-state index in [-0.39, 0.29) is 0 Å². The Morgan fingerprint density at radius 2 is 2.00 bits per heavy atom. The normalized spacial score (nSPS) is 20.7. The Hall–Kier alpha value is -1.84. The molecule has 0 aromatic heterocycles. The van der Waals surface area contributed by atoms with Gasteiger partial charge in [-0.2, -0.15) is 0 Å². The second kappa shape index (κ2) is 7.82. The summed E-state index contributed by atoms with van der Waals surface area (Å²) < 4.78 is 0. The highest BCUT2D eigenvalue weighted by Gasteiger charge is 2.23. The minimum absolute atomic E-state index is 0.342. The molecule has 1 saturated carbocycles. The molecule has 0 bridgehead atoms. The first-order valence-corrected chi connectivity index (χ1v) is 8.80. The van der Waals surface area contributed by atoms with Crippen LogP contribution < -0.4 is 5.32 Å². The molecule has 2 aromatic rings. The summed E-state index contributed by atoms with van der Waals surface area (Å²) in [5.41, 5.74) is 2.68. The van der Waals surface area contributed by atoms with E-state index in [9.17, 15) is 4.79 Å². The fourth-order valence-corrected chi connectivity index (χ4v) is 3.71. The van der Waals surface area contributed by atoms with Gasteiger partial charge < -0.3 is 10.4 Å². The summed E-state index contributed by atoms with van der Waals surface area (Å²) in [6.45, 7) is 0.702. The molecule has 0 heterocycles. The van der Waals surface area contributed by atoms with Crippen molar-refractivity contribution in [3.8, 4) is 0 Å². The highest BCUT2D eigenvalue weighted by Crippen LogP contribution is 2.34. The van der Waals surface area contributed by atoms with Crippen LogP contribution in [0.5, 0.6) is 0 Å². The SMILES string of the molecule is O=C(O)c1cccc(CNC2CCCC(c3cccc(Cl)c3)C2)c1. The lowest BCUT2D eigenvalue weighted by Crippen LogP contribution is -2.33. The molecule has 1 fully saturated rings. The Bertz CT molecular complexity index is 716. The largest absolute Gasteiger partial charge is 0.478 e. The third-order valence-corrected chi connectivity index (χ3v) is 5.00. The van der Waals surface area contributed by atoms with Crippen molar-refractivity contribution in [2.24, 2.45) is 0 Å². The van der Waals surface area contributed by atoms with Crippen LogP contribution in [0, 0.1) is 0 Å². The van der Waals surface area contributed by atoms with Crippen LogP contribution in [0.25, 0.3) is 0 Å². The summed E-state index contributed by atoms with van der Waals surface area (Å²) in [4.78, 5) is 11.1. The lowest BCUT2D eigenvalue weighted by atomic mass is 9.81. The predicted molar refractivity (Wildman–Crippen MR) is 96.7 cm³/mol. The zero-order chi connectivity index (χ0) is 16.9. The number of aromatic carboxylic acids is 1. The van der Waals surface area contributed by atoms with Gasteiger partial charge in [-0.15, -0.1) is 0 Å². The van der Waals surface area contributed by atoms with Crippen molar-refractivity contribution >= 4 is 17.6 Å². The average Bonchev–Trinajstić information content (AvgIpc) is 2.60. The molecule has 24 heavy (non-hydrogen) atoms. The van der Waals surface area contributed by atoms with Gasteiger partial charge in [-0.25, -0.2) is 4.79 Å². The third kappa shape index (κ3) is 4.37. The molecule has 2 atom stereocenters. The summed E-state index contributed by atoms with van der Waals surface area (Å²) in [7, 11) is 0. The van der Waals surface area contributed by atoms with Gasteiger partial charge in [0.2, 0.25) is 0 Å². The van der Waals surface area contributed by atoms with Crippen molar-refractivity contribution < 1.29 is 9.90 Å². The number of carboxylic acids is 1. The van der Waals surface area contributed by atoms with Crippen molar-refractivity contribution in [1.29, 1.82) is 0 Å². The monoisotopic (exact) mass is 343 g/mol. The summed E-state index contributed by atoms with van der Waals surface area (Å²) in [6.07, 6.45) is 4.66. The Balaban J connectivity index is 1.59. The molecule has 2 N–H and O–H groups in total. The smallest absolute Gasteiger partial charge is 0.335 e. The van der Waals surface area contributed by atoms with Crippen molar-refractivity contribution in [3.63, 3.8) is 0 Å². The molecule has 0 saturated heterocycles. The van der Waals surface area contributed by atoms with Crippen molar-refractivity contribution in [2.45, 2.75) is 44.2 Å². The molecule has 0 amide bonds. The molecule has 1 aliphatic rings. The lowest BCUT2D eigenvalue weighted by Gasteiger charge is -2.30. The predicted octanol–water partition coefficient (Wildman–Crippen LogP) is 4.85. The Labute approximate surface area is 147 Å². The number of hydrogen-bond donors (Lipinski definition) is 2. The minimum atomic E-state index is -0.879. The van der Waals surface area contributed by atoms with Crippen LogP contribution in [0.2, 0.25) is 5.02 Å². The second-order valence-electron chi connectivity index (χ2n) is 6.50. The van der Waals surface area contributed by atoms with Gasteiger partial charge in [-0.3, -0.25) is 0 Å². The highest BCUT2D eigenvalue weighted by molar-refractivity contribution is 6.30. The lowest BCUT2D eigenvalue weighted by molar-refractivity contribution is 0.0696. The van der Waals surface area contributed by atoms with E-state index in [1.165, 1.54) is 18.4 Å². The first kappa shape index (κ1) is 17.0. The average molecular weight is 344 g/mol. The molecule has 2 unspecified atom stereocenters. The molecule has 3 nitrogen and oxygen atoms in total. The van der Waals surface area contributed by atoms with Gasteiger partial charge in [0, 0.05) is 17.6 Å². The standard InChI is InChI=1S/C20H22ClNO2/c21-18-8-2-5-15(11-18)16-6-3-9-19(12-16)22-13-14-4-1-7-17(10-14)20(23)24/h1-2,4-5,7-8,10-11,16,19,22H,3,6,9,12-13H2,(H,23,24). The van der Waals surface area contributed by atoms with Gasteiger partial charge in [0.25, 0.3) is 0 Å². The fourth-order valence-electron chi connectivity index (χ4n) is 3.51. The molecule has 3 rings (SSSR count). The van der Waals surface area contributed by atoms with Crippen LogP contribution in [-0.2, 0) is 6.54 Å². The van der Waals surface area contributed by atoms with Crippen molar-refractivity contribution in [1.82, 2.24) is 5.32 Å². The number of carbonyl (C=O) groups is 1. The van der Waals surface area contributed by atoms with Gasteiger partial charge >= 0.3 is 5.97 Å². The molecule has 0 aliphatic heterocycles. The van der Waals surface area contributed by atoms with Gasteiger partial charge in [0.15, 0.2) is 0 Å². The summed E-state index contributed by atoms with van der Waals surface area (Å²) in [6, 6.07) is 15.8. The van der Waals surface area contributed by atoms with Gasteiger partial charge in [0.05, 0.1) is 5.56 Å². The van der Waals surface area contributed by atoms with E-state index in [0.717, 1.165) is 23.4 Å². The Morgan fingerprint density at radius 1 is 1.17 bits per heavy atom. The quantitative estimate of drug-likeness (QED) is 0.815. The zero-order valence-electron chi connectivity index (χ0n) is 13.5. The number of benzene rings is 2. The number of rotatable bonds is 5. The van der Waals surface area contributed by atoms with Crippen molar-refractivity contribution in [3.05, 3.63) is 70.2 Å². The van der Waals surface area contributed by atoms with Gasteiger partial charge in [0.1, 0.15) is 0 Å². The van der Waals surface area contributed by atoms with E-state index in [2.05, 4.69) is 17.4 Å². The van der Waals surface area contributed by atoms with E-state index >= 15 is 0 Å². The maximum Gasteiger partial charge on any atom is 0.335 e. The van der Waals surface area contributed by atoms with Gasteiger partial charge in [-0.1, -0.05) is 42.3 Å². The first-order chi connectivity index (χ1) is 11.6. The van der Waals surface area contributed by atoms with E-state index < -0.39 is 5.97 Å². The molecular formula is C20H22ClNO2. The van der Waals surface area contributed by atoms with Crippen LogP contribution in [-0.4, -0.2) is 17.1 Å². The van der Waals surface area contributed by atoms with Crippen LogP contribution in [0.1, 0.15) is 53.1 Å². The Kier molecular flexibility index (Phi) is 5.54. The second-order valence-corrected chi connectivity index (χ2v) is 6.94. The summed E-state index contributed by atoms with van der Waals surface area (Å²) in [5, 5.41) is 13.5. The Morgan fingerprint density at radius 3 is 2.79 bits per heavy atom. The fraction of sp³-hybridized carbons (Fsp3) is 0.350. The topological polar surface area (TPSA) is 49.3 Å². The van der Waals surface area contributed by atoms with Gasteiger partial charge in [-0.05, 0) is 60.6 Å². The maximum atomic E-state index is 11.1. The number of nitrogens with one attached hydrogen (secondary N) is 1. The van der Waals surface area contributed by atoms with E-state index in [4.69, 9.17) is 16.7 Å². The molecule has 2 aromatic carbocycles. The van der Waals surface area contributed by atoms with Crippen LogP contribution in [0.3, 0.4) is 0 Å². The molecular weight excluding hydrogens is 322 g/mol. The summed E-state index contributed by atoms with van der Waals surface area (Å²) >= 11 is 6.12. The molecule has 0 spiro atoms. The number of halogens is 1. The summed E-state index contributed by atoms with van der Waals surface area (Å²) in [5.74, 6) is -0.337. The zero-order valence-corrected chi connectivity index (χ0v) is 14.3. The third-order valence-electron chi connectivity index (χ3n) is 4.76. The minimum Gasteiger partial charge on any atom is -0.478 e. The molecule has 4 heteroatoms. The molecule has 1 aliphatic carbocycles. The number of carboxylic acid groups (broad SMARTS) is 1. The molecule has 0 radical (unpaired) electrons. The van der Waals surface area contributed by atoms with E-state index in [0.29, 0.717) is 24.1 Å². The van der Waals surface area contributed by atoms with E-state index in [1.54, 1.807) is 18.2 Å². The van der Waals surface area contributed by atoms with Crippen molar-refractivity contribution in [2.75, 3.05) is 0 Å². The van der Waals surface area contributed by atoms with E-state index in [1.807, 2.05) is 18.2 Å². The van der Waals surface area contributed by atoms with Crippen LogP contribution in [0.4, 0.5) is 0 Å². The number of hydrogen-bond acceptors (Lipinski definition) is 2. The molecule has 126 valence electrons. The first-order valence-electron chi connectivity index (χ1n) is 8.43. The maximum absolute atomic E-state index is 11.1. The van der Waals surface area contributed by atoms with Crippen LogP contribution in [0.15, 0.2) is 48.5 Å².